The van der Waals surface area contributed by atoms with Crippen LogP contribution in [-0.4, -0.2) is 6.41 Å². The molecule has 4 heteroatoms. The van der Waals surface area contributed by atoms with Gasteiger partial charge in [0, 0.05) is 12.1 Å². The summed E-state index contributed by atoms with van der Waals surface area (Å²) >= 11 is 0. The van der Waals surface area contributed by atoms with E-state index in [1.807, 2.05) is 35.2 Å². The Labute approximate surface area is 71.5 Å². The molecule has 0 atom stereocenters. The van der Waals surface area contributed by atoms with Crippen molar-refractivity contribution in [2.75, 3.05) is 0 Å². The fourth-order valence-electron chi connectivity index (χ4n) is 0.682. The van der Waals surface area contributed by atoms with Gasteiger partial charge in [-0.15, -0.1) is 0 Å². The molecule has 0 aliphatic heterocycles. The third-order valence-corrected chi connectivity index (χ3v) is 1.13. The second-order valence-corrected chi connectivity index (χ2v) is 1.87. The first-order valence-electron chi connectivity index (χ1n) is 3.04. The first-order valence-corrected chi connectivity index (χ1v) is 3.04. The van der Waals surface area contributed by atoms with E-state index in [9.17, 15) is 4.79 Å². The summed E-state index contributed by atoms with van der Waals surface area (Å²) in [5.74, 6) is 0. The summed E-state index contributed by atoms with van der Waals surface area (Å²) in [6.45, 7) is 0.532. The molecule has 0 radical (unpaired) electrons. The molecule has 0 aromatic carbocycles. The lowest BCUT2D eigenvalue weighted by atomic mass is 10.5. The molecule has 1 aromatic rings. The van der Waals surface area contributed by atoms with Crippen molar-refractivity contribution in [3.8, 4) is 0 Å². The van der Waals surface area contributed by atoms with Crippen LogP contribution in [0.1, 0.15) is 0 Å². The van der Waals surface area contributed by atoms with Gasteiger partial charge in [-0.1, -0.05) is 6.07 Å². The number of carbonyl (C=O) groups excluding carboxylic acids is 1. The van der Waals surface area contributed by atoms with Crippen LogP contribution in [0, 0.1) is 0 Å². The first kappa shape index (κ1) is 9.91. The van der Waals surface area contributed by atoms with Gasteiger partial charge in [-0.2, -0.15) is 4.57 Å². The van der Waals surface area contributed by atoms with Crippen molar-refractivity contribution < 1.29 is 21.8 Å². The van der Waals surface area contributed by atoms with E-state index >= 15 is 0 Å². The van der Waals surface area contributed by atoms with Crippen LogP contribution in [0.2, 0.25) is 0 Å². The molecule has 60 valence electrons. The van der Waals surface area contributed by atoms with Gasteiger partial charge in [-0.3, -0.25) is 4.79 Å². The van der Waals surface area contributed by atoms with Crippen molar-refractivity contribution in [2.45, 2.75) is 6.67 Å². The topological polar surface area (TPSA) is 33.0 Å². The quantitative estimate of drug-likeness (QED) is 0.376. The Morgan fingerprint density at radius 3 is 2.45 bits per heavy atom. The molecule has 0 saturated carbocycles. The third kappa shape index (κ3) is 3.57. The molecule has 0 aliphatic rings. The van der Waals surface area contributed by atoms with E-state index in [-0.39, 0.29) is 12.4 Å². The Morgan fingerprint density at radius 2 is 1.91 bits per heavy atom. The number of nitrogens with zero attached hydrogens (tertiary/aromatic N) is 1. The van der Waals surface area contributed by atoms with Crippen molar-refractivity contribution >= 4 is 6.41 Å². The van der Waals surface area contributed by atoms with Crippen LogP contribution >= 0.6 is 0 Å². The highest BCUT2D eigenvalue weighted by Gasteiger charge is 1.91. The highest BCUT2D eigenvalue weighted by Crippen LogP contribution is 1.74. The molecule has 0 unspecified atom stereocenters. The van der Waals surface area contributed by atoms with E-state index < -0.39 is 0 Å². The largest absolute Gasteiger partial charge is 1.00 e. The molecule has 0 aliphatic carbocycles. The maximum absolute atomic E-state index is 9.85. The van der Waals surface area contributed by atoms with Gasteiger partial charge in [0.1, 0.15) is 0 Å². The van der Waals surface area contributed by atoms with Crippen molar-refractivity contribution in [3.63, 3.8) is 0 Å². The second kappa shape index (κ2) is 5.68. The Balaban J connectivity index is 0.000001000. The van der Waals surface area contributed by atoms with E-state index in [0.717, 1.165) is 0 Å². The number of nitrogens with one attached hydrogen (secondary N) is 1. The maximum Gasteiger partial charge on any atom is 0.223 e. The predicted molar refractivity (Wildman–Crippen MR) is 35.8 cm³/mol. The normalized spacial score (nSPS) is 8.00. The van der Waals surface area contributed by atoms with Crippen LogP contribution in [0.15, 0.2) is 30.6 Å². The van der Waals surface area contributed by atoms with Crippen LogP contribution in [0.5, 0.6) is 0 Å². The average molecular weight is 173 g/mol. The molecule has 1 N–H and O–H groups in total. The molecule has 1 rings (SSSR count). The molecule has 0 bridgehead atoms. The van der Waals surface area contributed by atoms with Crippen LogP contribution in [0.25, 0.3) is 0 Å². The Hall–Kier alpha value is -1.09. The summed E-state index contributed by atoms with van der Waals surface area (Å²) in [5.41, 5.74) is 0. The molecular formula is C7H9ClN2O. The molecular weight excluding hydrogens is 164 g/mol. The standard InChI is InChI=1S/C7H8N2O.ClH/c10-7-8-6-9-4-2-1-3-5-9;/h1-5,7H,6H2;1H. The number of hydrogen-bond acceptors (Lipinski definition) is 1. The predicted octanol–water partition coefficient (Wildman–Crippen LogP) is -3.32. The molecule has 0 fully saturated rings. The van der Waals surface area contributed by atoms with Gasteiger partial charge >= 0.3 is 0 Å². The number of aromatic nitrogens is 1. The molecule has 1 aromatic heterocycles. The minimum Gasteiger partial charge on any atom is -1.00 e. The zero-order chi connectivity index (χ0) is 7.23. The fraction of sp³-hybridized carbons (Fsp3) is 0.143. The molecule has 0 spiro atoms. The highest BCUT2D eigenvalue weighted by molar-refractivity contribution is 5.44. The van der Waals surface area contributed by atoms with Crippen LogP contribution in [0.3, 0.4) is 0 Å². The summed E-state index contributed by atoms with van der Waals surface area (Å²) in [6, 6.07) is 5.75. The monoisotopic (exact) mass is 172 g/mol. The van der Waals surface area contributed by atoms with Crippen molar-refractivity contribution in [2.24, 2.45) is 0 Å². The number of pyridine rings is 1. The third-order valence-electron chi connectivity index (χ3n) is 1.13. The SMILES string of the molecule is O=CNC[n+]1ccccc1.[Cl-]. The molecule has 1 heterocycles. The number of halogens is 1. The van der Waals surface area contributed by atoms with E-state index in [4.69, 9.17) is 0 Å². The van der Waals surface area contributed by atoms with Gasteiger partial charge in [0.25, 0.3) is 0 Å². The van der Waals surface area contributed by atoms with Gasteiger partial charge in [-0.05, 0) is 0 Å². The number of carbonyl (C=O) groups is 1. The number of hydrogen-bond donors (Lipinski definition) is 1. The summed E-state index contributed by atoms with van der Waals surface area (Å²) in [4.78, 5) is 9.85. The van der Waals surface area contributed by atoms with Crippen molar-refractivity contribution in [1.29, 1.82) is 0 Å². The van der Waals surface area contributed by atoms with Gasteiger partial charge < -0.3 is 17.7 Å². The smallest absolute Gasteiger partial charge is 0.223 e. The zero-order valence-electron chi connectivity index (χ0n) is 5.90. The lowest BCUT2D eigenvalue weighted by Gasteiger charge is -1.91. The van der Waals surface area contributed by atoms with Gasteiger partial charge in [0.05, 0.1) is 0 Å². The van der Waals surface area contributed by atoms with Crippen molar-refractivity contribution in [1.82, 2.24) is 5.32 Å². The van der Waals surface area contributed by atoms with Gasteiger partial charge in [0.2, 0.25) is 13.1 Å². The van der Waals surface area contributed by atoms with E-state index in [0.29, 0.717) is 13.1 Å². The molecule has 0 saturated heterocycles. The zero-order valence-corrected chi connectivity index (χ0v) is 6.66. The van der Waals surface area contributed by atoms with Crippen LogP contribution < -0.4 is 22.3 Å². The maximum atomic E-state index is 9.85. The lowest BCUT2D eigenvalue weighted by Crippen LogP contribution is -3.00. The first-order chi connectivity index (χ1) is 4.93. The summed E-state index contributed by atoms with van der Waals surface area (Å²) in [7, 11) is 0. The fourth-order valence-corrected chi connectivity index (χ4v) is 0.682. The lowest BCUT2D eigenvalue weighted by molar-refractivity contribution is -0.699. The summed E-state index contributed by atoms with van der Waals surface area (Å²) in [5, 5.41) is 2.55. The Kier molecular flexibility index (Phi) is 5.11. The van der Waals surface area contributed by atoms with E-state index in [1.165, 1.54) is 0 Å². The minimum atomic E-state index is 0. The Morgan fingerprint density at radius 1 is 1.27 bits per heavy atom. The summed E-state index contributed by atoms with van der Waals surface area (Å²) < 4.78 is 1.87. The second-order valence-electron chi connectivity index (χ2n) is 1.87. The average Bonchev–Trinajstić information content (AvgIpc) is 2.03. The number of amides is 1. The minimum absolute atomic E-state index is 0. The van der Waals surface area contributed by atoms with E-state index in [2.05, 4.69) is 5.32 Å². The van der Waals surface area contributed by atoms with E-state index in [1.54, 1.807) is 0 Å². The number of rotatable bonds is 3. The highest BCUT2D eigenvalue weighted by atomic mass is 35.5. The Bertz CT molecular complexity index is 203. The van der Waals surface area contributed by atoms with Crippen LogP contribution in [0.4, 0.5) is 0 Å². The van der Waals surface area contributed by atoms with Gasteiger partial charge in [0.15, 0.2) is 12.4 Å². The van der Waals surface area contributed by atoms with Crippen LogP contribution in [-0.2, 0) is 11.5 Å². The molecule has 11 heavy (non-hydrogen) atoms. The van der Waals surface area contributed by atoms with Crippen molar-refractivity contribution in [3.05, 3.63) is 30.6 Å². The molecule has 1 amide bonds. The molecule has 3 nitrogen and oxygen atoms in total. The van der Waals surface area contributed by atoms with Gasteiger partial charge in [-0.25, -0.2) is 0 Å². The summed E-state index contributed by atoms with van der Waals surface area (Å²) in [6.07, 6.45) is 4.45.